The van der Waals surface area contributed by atoms with Crippen molar-refractivity contribution in [2.45, 2.75) is 6.42 Å². The number of carbonyl (C=O) groups excluding carboxylic acids is 3. The van der Waals surface area contributed by atoms with Crippen molar-refractivity contribution in [3.05, 3.63) is 39.9 Å². The second kappa shape index (κ2) is 5.83. The molecule has 1 saturated heterocycles. The lowest BCUT2D eigenvalue weighted by Crippen LogP contribution is -2.41. The topological polar surface area (TPSA) is 97.6 Å². The zero-order valence-corrected chi connectivity index (χ0v) is 11.1. The van der Waals surface area contributed by atoms with Gasteiger partial charge < -0.3 is 0 Å². The Bertz CT molecular complexity index is 585. The number of nitrogens with zero attached hydrogens (tertiary/aromatic N) is 2. The molecule has 2 rings (SSSR count). The standard InChI is InChI=1S/C12H10N2O5S/c15-10(7-13-11(16)4-5-20-12(13)17)8-2-1-3-9(6-8)14(18)19/h1-3,6H,4-5,7H2. The third-order valence-corrected chi connectivity index (χ3v) is 3.62. The molecule has 0 atom stereocenters. The molecule has 2 amide bonds. The number of thioether (sulfide) groups is 1. The monoisotopic (exact) mass is 294 g/mol. The molecule has 0 bridgehead atoms. The summed E-state index contributed by atoms with van der Waals surface area (Å²) >= 11 is 0.981. The zero-order valence-electron chi connectivity index (χ0n) is 10.3. The van der Waals surface area contributed by atoms with E-state index in [1.54, 1.807) is 0 Å². The van der Waals surface area contributed by atoms with E-state index in [2.05, 4.69) is 0 Å². The average Bonchev–Trinajstić information content (AvgIpc) is 2.43. The number of ketones is 1. The highest BCUT2D eigenvalue weighted by molar-refractivity contribution is 8.13. The van der Waals surface area contributed by atoms with Crippen LogP contribution >= 0.6 is 11.8 Å². The molecule has 20 heavy (non-hydrogen) atoms. The summed E-state index contributed by atoms with van der Waals surface area (Å²) in [5, 5.41) is 10.2. The lowest BCUT2D eigenvalue weighted by atomic mass is 10.1. The van der Waals surface area contributed by atoms with Crippen LogP contribution in [0.2, 0.25) is 0 Å². The number of nitro groups is 1. The summed E-state index contributed by atoms with van der Waals surface area (Å²) in [6.07, 6.45) is 0.207. The van der Waals surface area contributed by atoms with E-state index in [9.17, 15) is 24.5 Å². The number of carbonyl (C=O) groups is 3. The SMILES string of the molecule is O=C(CN1C(=O)CCSC1=O)c1cccc([N+](=O)[O-])c1. The van der Waals surface area contributed by atoms with Crippen molar-refractivity contribution in [1.82, 2.24) is 4.90 Å². The van der Waals surface area contributed by atoms with Gasteiger partial charge in [-0.25, -0.2) is 0 Å². The summed E-state index contributed by atoms with van der Waals surface area (Å²) < 4.78 is 0. The Labute approximate surface area is 118 Å². The summed E-state index contributed by atoms with van der Waals surface area (Å²) in [6, 6.07) is 5.21. The van der Waals surface area contributed by atoms with Gasteiger partial charge in [0.2, 0.25) is 5.91 Å². The second-order valence-electron chi connectivity index (χ2n) is 4.07. The maximum Gasteiger partial charge on any atom is 0.288 e. The molecule has 1 aliphatic heterocycles. The van der Waals surface area contributed by atoms with E-state index in [1.165, 1.54) is 18.2 Å². The Morgan fingerprint density at radius 3 is 2.80 bits per heavy atom. The molecule has 0 aromatic heterocycles. The number of rotatable bonds is 4. The van der Waals surface area contributed by atoms with E-state index in [-0.39, 0.29) is 24.2 Å². The van der Waals surface area contributed by atoms with Crippen LogP contribution in [0.1, 0.15) is 16.8 Å². The highest BCUT2D eigenvalue weighted by Gasteiger charge is 2.29. The first-order valence-corrected chi connectivity index (χ1v) is 6.72. The van der Waals surface area contributed by atoms with Crippen LogP contribution in [-0.2, 0) is 4.79 Å². The van der Waals surface area contributed by atoms with E-state index in [4.69, 9.17) is 0 Å². The number of nitro benzene ring substituents is 1. The van der Waals surface area contributed by atoms with Gasteiger partial charge in [-0.05, 0) is 0 Å². The van der Waals surface area contributed by atoms with E-state index in [0.29, 0.717) is 5.75 Å². The van der Waals surface area contributed by atoms with Gasteiger partial charge in [-0.2, -0.15) is 0 Å². The minimum Gasteiger partial charge on any atom is -0.292 e. The van der Waals surface area contributed by atoms with Crippen molar-refractivity contribution in [2.24, 2.45) is 0 Å². The fourth-order valence-electron chi connectivity index (χ4n) is 1.72. The van der Waals surface area contributed by atoms with Gasteiger partial charge in [-0.3, -0.25) is 29.4 Å². The Morgan fingerprint density at radius 2 is 2.15 bits per heavy atom. The van der Waals surface area contributed by atoms with Crippen molar-refractivity contribution in [1.29, 1.82) is 0 Å². The molecule has 1 aromatic rings. The maximum atomic E-state index is 12.0. The van der Waals surface area contributed by atoms with Crippen LogP contribution in [0.3, 0.4) is 0 Å². The van der Waals surface area contributed by atoms with Crippen LogP contribution < -0.4 is 0 Å². The van der Waals surface area contributed by atoms with Crippen LogP contribution in [-0.4, -0.2) is 39.1 Å². The number of amides is 2. The number of imide groups is 1. The fourth-order valence-corrected chi connectivity index (χ4v) is 2.49. The molecule has 8 heteroatoms. The van der Waals surface area contributed by atoms with Crippen LogP contribution in [0.25, 0.3) is 0 Å². The van der Waals surface area contributed by atoms with Crippen LogP contribution in [0, 0.1) is 10.1 Å². The second-order valence-corrected chi connectivity index (χ2v) is 5.12. The first kappa shape index (κ1) is 14.2. The molecule has 0 spiro atoms. The molecule has 0 aliphatic carbocycles. The van der Waals surface area contributed by atoms with Crippen molar-refractivity contribution < 1.29 is 19.3 Å². The molecule has 0 unspecified atom stereocenters. The minimum absolute atomic E-state index is 0.107. The fraction of sp³-hybridized carbons (Fsp3) is 0.250. The molecular formula is C12H10N2O5S. The predicted molar refractivity (Wildman–Crippen MR) is 71.6 cm³/mol. The van der Waals surface area contributed by atoms with Gasteiger partial charge in [-0.1, -0.05) is 23.9 Å². The third kappa shape index (κ3) is 3.02. The van der Waals surface area contributed by atoms with Crippen molar-refractivity contribution >= 4 is 34.4 Å². The Morgan fingerprint density at radius 1 is 1.40 bits per heavy atom. The van der Waals surface area contributed by atoms with Crippen molar-refractivity contribution in [3.63, 3.8) is 0 Å². The molecule has 7 nitrogen and oxygen atoms in total. The summed E-state index contributed by atoms with van der Waals surface area (Å²) in [5.74, 6) is -0.482. The van der Waals surface area contributed by atoms with Crippen LogP contribution in [0.4, 0.5) is 10.5 Å². The Hall–Kier alpha value is -2.22. The number of Topliss-reactive ketones (excluding diaryl/α,β-unsaturated/α-hetero) is 1. The summed E-state index contributed by atoms with van der Waals surface area (Å²) in [4.78, 5) is 46.1. The van der Waals surface area contributed by atoms with Gasteiger partial charge >= 0.3 is 0 Å². The quantitative estimate of drug-likeness (QED) is 0.477. The molecule has 1 fully saturated rings. The molecule has 0 saturated carbocycles. The van der Waals surface area contributed by atoms with Crippen LogP contribution in [0.5, 0.6) is 0 Å². The molecule has 1 aromatic carbocycles. The van der Waals surface area contributed by atoms with Crippen molar-refractivity contribution in [2.75, 3.05) is 12.3 Å². The number of benzene rings is 1. The highest BCUT2D eigenvalue weighted by Crippen LogP contribution is 2.20. The van der Waals surface area contributed by atoms with Gasteiger partial charge in [0, 0.05) is 29.9 Å². The first-order valence-electron chi connectivity index (χ1n) is 5.74. The molecule has 0 N–H and O–H groups in total. The normalized spacial score (nSPS) is 15.3. The van der Waals surface area contributed by atoms with E-state index >= 15 is 0 Å². The van der Waals surface area contributed by atoms with E-state index < -0.39 is 21.9 Å². The molecule has 104 valence electrons. The van der Waals surface area contributed by atoms with Crippen molar-refractivity contribution in [3.8, 4) is 0 Å². The van der Waals surface area contributed by atoms with Gasteiger partial charge in [0.05, 0.1) is 11.5 Å². The summed E-state index contributed by atoms with van der Waals surface area (Å²) in [7, 11) is 0. The Kier molecular flexibility index (Phi) is 4.14. The van der Waals surface area contributed by atoms with Gasteiger partial charge in [-0.15, -0.1) is 0 Å². The predicted octanol–water partition coefficient (Wildman–Crippen LogP) is 1.86. The molecule has 1 aliphatic rings. The third-order valence-electron chi connectivity index (χ3n) is 2.74. The van der Waals surface area contributed by atoms with E-state index in [0.717, 1.165) is 22.7 Å². The first-order chi connectivity index (χ1) is 9.49. The Balaban J connectivity index is 2.15. The zero-order chi connectivity index (χ0) is 14.7. The lowest BCUT2D eigenvalue weighted by molar-refractivity contribution is -0.384. The molecular weight excluding hydrogens is 284 g/mol. The summed E-state index contributed by atoms with van der Waals surface area (Å²) in [5.41, 5.74) is -0.100. The lowest BCUT2D eigenvalue weighted by Gasteiger charge is -2.23. The minimum atomic E-state index is -0.607. The van der Waals surface area contributed by atoms with Gasteiger partial charge in [0.25, 0.3) is 10.9 Å². The summed E-state index contributed by atoms with van der Waals surface area (Å²) in [6.45, 7) is -0.383. The number of non-ortho nitro benzene ring substituents is 1. The number of hydrogen-bond acceptors (Lipinski definition) is 6. The van der Waals surface area contributed by atoms with Crippen LogP contribution in [0.15, 0.2) is 24.3 Å². The molecule has 1 heterocycles. The smallest absolute Gasteiger partial charge is 0.288 e. The largest absolute Gasteiger partial charge is 0.292 e. The van der Waals surface area contributed by atoms with Gasteiger partial charge in [0.1, 0.15) is 0 Å². The number of hydrogen-bond donors (Lipinski definition) is 0. The highest BCUT2D eigenvalue weighted by atomic mass is 32.2. The maximum absolute atomic E-state index is 12.0. The van der Waals surface area contributed by atoms with E-state index in [1.807, 2.05) is 0 Å². The molecule has 0 radical (unpaired) electrons. The average molecular weight is 294 g/mol. The van der Waals surface area contributed by atoms with Gasteiger partial charge in [0.15, 0.2) is 5.78 Å².